The molecule has 0 aliphatic carbocycles. The van der Waals surface area contributed by atoms with Gasteiger partial charge < -0.3 is 10.6 Å². The van der Waals surface area contributed by atoms with E-state index in [1.54, 1.807) is 0 Å². The molecule has 1 aromatic rings. The van der Waals surface area contributed by atoms with Crippen molar-refractivity contribution < 1.29 is 0 Å². The van der Waals surface area contributed by atoms with Gasteiger partial charge in [0.1, 0.15) is 0 Å². The summed E-state index contributed by atoms with van der Waals surface area (Å²) < 4.78 is 0. The number of nitrogens with zero attached hydrogens (tertiary/aromatic N) is 1. The zero-order valence-corrected chi connectivity index (χ0v) is 8.75. The predicted molar refractivity (Wildman–Crippen MR) is 59.8 cm³/mol. The lowest BCUT2D eigenvalue weighted by Gasteiger charge is -2.10. The maximum absolute atomic E-state index is 5.34. The first-order chi connectivity index (χ1) is 6.74. The molecule has 0 aliphatic rings. The van der Waals surface area contributed by atoms with Crippen molar-refractivity contribution in [2.75, 3.05) is 20.6 Å². The molecule has 0 saturated carbocycles. The van der Waals surface area contributed by atoms with E-state index in [2.05, 4.69) is 22.8 Å². The highest BCUT2D eigenvalue weighted by molar-refractivity contribution is 5.41. The molecule has 0 bridgehead atoms. The lowest BCUT2D eigenvalue weighted by molar-refractivity contribution is 0.402. The van der Waals surface area contributed by atoms with Crippen LogP contribution in [0.3, 0.4) is 0 Å². The average molecular weight is 188 g/mol. The summed E-state index contributed by atoms with van der Waals surface area (Å²) in [7, 11) is 4.10. The average Bonchev–Trinajstić information content (AvgIpc) is 2.16. The van der Waals surface area contributed by atoms with Gasteiger partial charge >= 0.3 is 0 Å². The second kappa shape index (κ2) is 5.43. The molecule has 2 N–H and O–H groups in total. The summed E-state index contributed by atoms with van der Waals surface area (Å²) >= 11 is 0. The number of nitrogens with two attached hydrogens (primary N) is 1. The Morgan fingerprint density at radius 1 is 1.29 bits per heavy atom. The summed E-state index contributed by atoms with van der Waals surface area (Å²) in [6.45, 7) is 1.33. The SMILES string of the molecule is CN(C)Cc1ccccc1C#CCN. The Bertz CT molecular complexity index is 345. The lowest BCUT2D eigenvalue weighted by atomic mass is 10.1. The Balaban J connectivity index is 2.91. The van der Waals surface area contributed by atoms with Crippen LogP contribution in [0.25, 0.3) is 0 Å². The third kappa shape index (κ3) is 3.21. The van der Waals surface area contributed by atoms with Crippen molar-refractivity contribution >= 4 is 0 Å². The molecular formula is C12H16N2. The maximum Gasteiger partial charge on any atom is 0.0555 e. The van der Waals surface area contributed by atoms with Gasteiger partial charge in [-0.15, -0.1) is 0 Å². The van der Waals surface area contributed by atoms with Crippen LogP contribution in [0.1, 0.15) is 11.1 Å². The fourth-order valence-corrected chi connectivity index (χ4v) is 1.27. The van der Waals surface area contributed by atoms with E-state index < -0.39 is 0 Å². The molecule has 0 spiro atoms. The van der Waals surface area contributed by atoms with Gasteiger partial charge in [-0.05, 0) is 25.7 Å². The van der Waals surface area contributed by atoms with Gasteiger partial charge in [-0.2, -0.15) is 0 Å². The van der Waals surface area contributed by atoms with Crippen LogP contribution in [0.2, 0.25) is 0 Å². The molecule has 2 nitrogen and oxygen atoms in total. The Kier molecular flexibility index (Phi) is 4.18. The largest absolute Gasteiger partial charge is 0.320 e. The van der Waals surface area contributed by atoms with E-state index >= 15 is 0 Å². The second-order valence-electron chi connectivity index (χ2n) is 3.40. The van der Waals surface area contributed by atoms with Gasteiger partial charge in [-0.25, -0.2) is 0 Å². The van der Waals surface area contributed by atoms with Crippen LogP contribution in [0.5, 0.6) is 0 Å². The summed E-state index contributed by atoms with van der Waals surface area (Å²) in [6, 6.07) is 8.16. The van der Waals surface area contributed by atoms with Crippen LogP contribution in [0.15, 0.2) is 24.3 Å². The van der Waals surface area contributed by atoms with Gasteiger partial charge in [0.25, 0.3) is 0 Å². The van der Waals surface area contributed by atoms with E-state index in [1.807, 2.05) is 32.3 Å². The van der Waals surface area contributed by atoms with Gasteiger partial charge in [0.15, 0.2) is 0 Å². The summed E-state index contributed by atoms with van der Waals surface area (Å²) in [5, 5.41) is 0. The third-order valence-electron chi connectivity index (χ3n) is 1.83. The monoisotopic (exact) mass is 188 g/mol. The number of hydrogen-bond acceptors (Lipinski definition) is 2. The highest BCUT2D eigenvalue weighted by Gasteiger charge is 1.99. The summed E-state index contributed by atoms with van der Waals surface area (Å²) in [4.78, 5) is 2.13. The number of hydrogen-bond donors (Lipinski definition) is 1. The Labute approximate surface area is 85.7 Å². The van der Waals surface area contributed by atoms with Crippen molar-refractivity contribution in [1.82, 2.24) is 4.90 Å². The molecule has 0 amide bonds. The molecule has 0 fully saturated rings. The summed E-state index contributed by atoms with van der Waals surface area (Å²) in [5.74, 6) is 5.95. The fourth-order valence-electron chi connectivity index (χ4n) is 1.27. The van der Waals surface area contributed by atoms with Crippen LogP contribution < -0.4 is 5.73 Å². The molecule has 1 aromatic carbocycles. The van der Waals surface area contributed by atoms with Gasteiger partial charge in [-0.3, -0.25) is 0 Å². The quantitative estimate of drug-likeness (QED) is 0.703. The minimum Gasteiger partial charge on any atom is -0.320 e. The van der Waals surface area contributed by atoms with Crippen LogP contribution >= 0.6 is 0 Å². The Hall–Kier alpha value is -1.30. The minimum absolute atomic E-state index is 0.413. The topological polar surface area (TPSA) is 29.3 Å². The van der Waals surface area contributed by atoms with Crippen molar-refractivity contribution in [2.24, 2.45) is 5.73 Å². The van der Waals surface area contributed by atoms with Gasteiger partial charge in [0.2, 0.25) is 0 Å². The molecule has 1 rings (SSSR count). The van der Waals surface area contributed by atoms with E-state index in [1.165, 1.54) is 5.56 Å². The van der Waals surface area contributed by atoms with Crippen molar-refractivity contribution in [3.63, 3.8) is 0 Å². The zero-order chi connectivity index (χ0) is 10.4. The van der Waals surface area contributed by atoms with Crippen molar-refractivity contribution in [1.29, 1.82) is 0 Å². The molecule has 0 aromatic heterocycles. The molecule has 14 heavy (non-hydrogen) atoms. The highest BCUT2D eigenvalue weighted by atomic mass is 15.0. The molecule has 0 radical (unpaired) electrons. The van der Waals surface area contributed by atoms with Crippen molar-refractivity contribution in [2.45, 2.75) is 6.54 Å². The summed E-state index contributed by atoms with van der Waals surface area (Å²) in [5.41, 5.74) is 7.67. The molecule has 0 unspecified atom stereocenters. The Morgan fingerprint density at radius 2 is 2.00 bits per heavy atom. The van der Waals surface area contributed by atoms with Crippen LogP contribution in [-0.2, 0) is 6.54 Å². The standard InChI is InChI=1S/C12H16N2/c1-14(2)10-12-7-4-3-6-11(12)8-5-9-13/h3-4,6-7H,9-10,13H2,1-2H3. The molecule has 74 valence electrons. The zero-order valence-electron chi connectivity index (χ0n) is 8.75. The normalized spacial score (nSPS) is 9.71. The molecule has 0 atom stereocenters. The first-order valence-corrected chi connectivity index (χ1v) is 4.65. The third-order valence-corrected chi connectivity index (χ3v) is 1.83. The van der Waals surface area contributed by atoms with Gasteiger partial charge in [0, 0.05) is 12.1 Å². The van der Waals surface area contributed by atoms with Crippen LogP contribution in [-0.4, -0.2) is 25.5 Å². The fraction of sp³-hybridized carbons (Fsp3) is 0.333. The minimum atomic E-state index is 0.413. The van der Waals surface area contributed by atoms with E-state index in [0.29, 0.717) is 6.54 Å². The maximum atomic E-state index is 5.34. The molecule has 0 heterocycles. The van der Waals surface area contributed by atoms with Crippen LogP contribution in [0, 0.1) is 11.8 Å². The molecule has 0 saturated heterocycles. The molecule has 0 aliphatic heterocycles. The molecular weight excluding hydrogens is 172 g/mol. The van der Waals surface area contributed by atoms with E-state index in [4.69, 9.17) is 5.73 Å². The smallest absolute Gasteiger partial charge is 0.0555 e. The first-order valence-electron chi connectivity index (χ1n) is 4.65. The van der Waals surface area contributed by atoms with E-state index in [-0.39, 0.29) is 0 Å². The second-order valence-corrected chi connectivity index (χ2v) is 3.40. The number of benzene rings is 1. The summed E-state index contributed by atoms with van der Waals surface area (Å²) in [6.07, 6.45) is 0. The predicted octanol–water partition coefficient (Wildman–Crippen LogP) is 1.06. The van der Waals surface area contributed by atoms with Gasteiger partial charge in [-0.1, -0.05) is 30.0 Å². The lowest BCUT2D eigenvalue weighted by Crippen LogP contribution is -2.11. The van der Waals surface area contributed by atoms with Crippen molar-refractivity contribution in [3.8, 4) is 11.8 Å². The first kappa shape index (κ1) is 10.8. The Morgan fingerprint density at radius 3 is 2.64 bits per heavy atom. The van der Waals surface area contributed by atoms with E-state index in [0.717, 1.165) is 12.1 Å². The van der Waals surface area contributed by atoms with E-state index in [9.17, 15) is 0 Å². The number of rotatable bonds is 2. The molecule has 2 heteroatoms. The van der Waals surface area contributed by atoms with Gasteiger partial charge in [0.05, 0.1) is 6.54 Å². The van der Waals surface area contributed by atoms with Crippen molar-refractivity contribution in [3.05, 3.63) is 35.4 Å². The van der Waals surface area contributed by atoms with Crippen LogP contribution in [0.4, 0.5) is 0 Å². The highest BCUT2D eigenvalue weighted by Crippen LogP contribution is 2.08.